The molecule has 0 atom stereocenters. The first kappa shape index (κ1) is 15.8. The molecular weight excluding hydrogens is 377 g/mol. The molecule has 0 aliphatic carbocycles. The standard InChI is InChI=1S/Ag.NO3.Pb.2H/c;2-1(3)4;;;/q;-1;;;. The molecule has 0 aromatic carbocycles. The number of rotatable bonds is 0. The summed E-state index contributed by atoms with van der Waals surface area (Å²) < 4.78 is 0. The molecule has 0 saturated heterocycles. The van der Waals surface area contributed by atoms with Crippen LogP contribution in [-0.4, -0.2) is 32.4 Å². The third-order valence-corrected chi connectivity index (χ3v) is 0. The summed E-state index contributed by atoms with van der Waals surface area (Å²) in [6.07, 6.45) is 0. The maximum atomic E-state index is 8.25. The van der Waals surface area contributed by atoms with Gasteiger partial charge in [-0.2, -0.15) is 0 Å². The summed E-state index contributed by atoms with van der Waals surface area (Å²) in [5.74, 6) is 0. The molecule has 0 spiro atoms. The molecule has 0 aliphatic heterocycles. The van der Waals surface area contributed by atoms with Crippen molar-refractivity contribution >= 4 is 27.3 Å². The molecule has 0 aliphatic rings. The molecule has 0 heterocycles. The first-order valence-electron chi connectivity index (χ1n) is 0.548. The molecule has 0 N–H and O–H groups in total. The van der Waals surface area contributed by atoms with Crippen LogP contribution >= 0.6 is 0 Å². The molecule has 41 valence electrons. The van der Waals surface area contributed by atoms with E-state index in [-0.39, 0.29) is 49.7 Å². The van der Waals surface area contributed by atoms with Crippen molar-refractivity contribution in [2.45, 2.75) is 0 Å². The van der Waals surface area contributed by atoms with E-state index < -0.39 is 5.09 Å². The fourth-order valence-electron chi connectivity index (χ4n) is 0. The van der Waals surface area contributed by atoms with E-state index in [2.05, 4.69) is 0 Å². The normalized spacial score (nSPS) is 4.00. The Morgan fingerprint density at radius 2 is 1.33 bits per heavy atom. The fraction of sp³-hybridized carbons (Fsp3) is 0. The molecule has 4 nitrogen and oxygen atoms in total. The SMILES string of the molecule is O=[N+]([O-])[O-].[Ag].[PbH2]. The zero-order valence-electron chi connectivity index (χ0n) is 2.68. The molecule has 0 fully saturated rings. The summed E-state index contributed by atoms with van der Waals surface area (Å²) in [4.78, 5) is 8.25. The predicted molar refractivity (Wildman–Crippen MR) is 18.9 cm³/mol. The van der Waals surface area contributed by atoms with Crippen LogP contribution in [0.2, 0.25) is 0 Å². The van der Waals surface area contributed by atoms with Crippen LogP contribution in [0.3, 0.4) is 0 Å². The van der Waals surface area contributed by atoms with Crippen LogP contribution < -0.4 is 0 Å². The van der Waals surface area contributed by atoms with Gasteiger partial charge < -0.3 is 15.3 Å². The Morgan fingerprint density at radius 1 is 1.33 bits per heavy atom. The van der Waals surface area contributed by atoms with Crippen LogP contribution in [0.15, 0.2) is 0 Å². The van der Waals surface area contributed by atoms with Gasteiger partial charge in [0.2, 0.25) is 0 Å². The van der Waals surface area contributed by atoms with Crippen molar-refractivity contribution in [3.8, 4) is 0 Å². The summed E-state index contributed by atoms with van der Waals surface area (Å²) in [7, 11) is 0. The number of nitrogens with zero attached hydrogens (tertiary/aromatic N) is 1. The molecule has 0 unspecified atom stereocenters. The number of hydrogen-bond acceptors (Lipinski definition) is 3. The predicted octanol–water partition coefficient (Wildman–Crippen LogP) is -1.16. The second-order valence-electron chi connectivity index (χ2n) is 0.224. The second-order valence-corrected chi connectivity index (χ2v) is 0.224. The Hall–Kier alpha value is 0.862. The van der Waals surface area contributed by atoms with Gasteiger partial charge in [0, 0.05) is 22.4 Å². The maximum absolute atomic E-state index is 8.25. The van der Waals surface area contributed by atoms with Crippen LogP contribution in [0.1, 0.15) is 0 Å². The third-order valence-electron chi connectivity index (χ3n) is 0. The summed E-state index contributed by atoms with van der Waals surface area (Å²) in [6.45, 7) is 0. The summed E-state index contributed by atoms with van der Waals surface area (Å²) in [5, 5.41) is 14.8. The van der Waals surface area contributed by atoms with Gasteiger partial charge in [0.1, 0.15) is 0 Å². The van der Waals surface area contributed by atoms with Gasteiger partial charge in [-0.3, -0.25) is 0 Å². The van der Waals surface area contributed by atoms with Gasteiger partial charge in [0.05, 0.1) is 5.09 Å². The van der Waals surface area contributed by atoms with E-state index in [0.717, 1.165) is 0 Å². The Kier molecular flexibility index (Phi) is 24.5. The van der Waals surface area contributed by atoms with Gasteiger partial charge in [-0.05, 0) is 0 Å². The molecule has 0 rings (SSSR count). The average molecular weight is 379 g/mol. The van der Waals surface area contributed by atoms with Gasteiger partial charge in [-0.15, -0.1) is 0 Å². The van der Waals surface area contributed by atoms with E-state index in [4.69, 9.17) is 15.3 Å². The molecule has 0 saturated carbocycles. The average Bonchev–Trinajstić information content (AvgIpc) is 0.811. The number of hydrogen-bond donors (Lipinski definition) is 0. The quantitative estimate of drug-likeness (QED) is 0.303. The molecule has 0 bridgehead atoms. The van der Waals surface area contributed by atoms with E-state index in [9.17, 15) is 0 Å². The second kappa shape index (κ2) is 9.29. The van der Waals surface area contributed by atoms with Gasteiger partial charge in [-0.1, -0.05) is 0 Å². The molecule has 0 aromatic rings. The molecule has 6 heavy (non-hydrogen) atoms. The zero-order chi connectivity index (χ0) is 3.58. The van der Waals surface area contributed by atoms with Crippen molar-refractivity contribution in [3.05, 3.63) is 15.3 Å². The van der Waals surface area contributed by atoms with Crippen LogP contribution in [0.25, 0.3) is 0 Å². The molecule has 0 amide bonds. The van der Waals surface area contributed by atoms with Gasteiger partial charge >= 0.3 is 27.3 Å². The van der Waals surface area contributed by atoms with Gasteiger partial charge in [0.25, 0.3) is 0 Å². The molecular formula is H2AgNO3Pb-. The fourth-order valence-corrected chi connectivity index (χ4v) is 0. The van der Waals surface area contributed by atoms with Crippen molar-refractivity contribution in [2.75, 3.05) is 0 Å². The van der Waals surface area contributed by atoms with Crippen LogP contribution in [0, 0.1) is 15.3 Å². The van der Waals surface area contributed by atoms with Crippen LogP contribution in [-0.2, 0) is 22.4 Å². The zero-order valence-corrected chi connectivity index (χ0v) is 9.66. The van der Waals surface area contributed by atoms with Crippen molar-refractivity contribution in [2.24, 2.45) is 0 Å². The summed E-state index contributed by atoms with van der Waals surface area (Å²) in [6, 6.07) is 0. The Labute approximate surface area is 69.7 Å². The summed E-state index contributed by atoms with van der Waals surface area (Å²) in [5.41, 5.74) is 0. The van der Waals surface area contributed by atoms with Crippen LogP contribution in [0.5, 0.6) is 0 Å². The van der Waals surface area contributed by atoms with Crippen molar-refractivity contribution in [3.63, 3.8) is 0 Å². The summed E-state index contributed by atoms with van der Waals surface area (Å²) >= 11 is 0. The first-order chi connectivity index (χ1) is 1.73. The molecule has 3 radical (unpaired) electrons. The molecule has 6 heteroatoms. The first-order valence-corrected chi connectivity index (χ1v) is 0.548. The Balaban J connectivity index is -0.0000000450. The molecule has 0 aromatic heterocycles. The van der Waals surface area contributed by atoms with E-state index in [1.165, 1.54) is 0 Å². The minimum atomic E-state index is -1.75. The van der Waals surface area contributed by atoms with Gasteiger partial charge in [-0.25, -0.2) is 0 Å². The van der Waals surface area contributed by atoms with Crippen molar-refractivity contribution in [1.29, 1.82) is 0 Å². The monoisotopic (exact) mass is 379 g/mol. The van der Waals surface area contributed by atoms with E-state index in [1.807, 2.05) is 0 Å². The Bertz CT molecular complexity index is 33.8. The third kappa shape index (κ3) is 97.5. The van der Waals surface area contributed by atoms with Crippen LogP contribution in [0.4, 0.5) is 0 Å². The van der Waals surface area contributed by atoms with E-state index in [1.54, 1.807) is 0 Å². The van der Waals surface area contributed by atoms with Crippen molar-refractivity contribution < 1.29 is 27.5 Å². The minimum absolute atomic E-state index is 0. The van der Waals surface area contributed by atoms with E-state index >= 15 is 0 Å². The topological polar surface area (TPSA) is 66.2 Å². The Morgan fingerprint density at radius 3 is 1.33 bits per heavy atom. The van der Waals surface area contributed by atoms with Crippen molar-refractivity contribution in [1.82, 2.24) is 0 Å². The van der Waals surface area contributed by atoms with E-state index in [0.29, 0.717) is 0 Å². The van der Waals surface area contributed by atoms with Gasteiger partial charge in [0.15, 0.2) is 0 Å².